The average Bonchev–Trinajstić information content (AvgIpc) is 2.74. The number of ether oxygens (including phenoxy) is 1. The minimum Gasteiger partial charge on any atom is -0.468 e. The second-order valence-electron chi connectivity index (χ2n) is 4.63. The van der Waals surface area contributed by atoms with Crippen LogP contribution in [0.1, 0.15) is 32.5 Å². The van der Waals surface area contributed by atoms with E-state index in [0.29, 0.717) is 0 Å². The molecule has 0 aliphatic carbocycles. The Morgan fingerprint density at radius 1 is 1.61 bits per heavy atom. The summed E-state index contributed by atoms with van der Waals surface area (Å²) in [7, 11) is 1.43. The predicted octanol–water partition coefficient (Wildman–Crippen LogP) is 1.51. The van der Waals surface area contributed by atoms with Gasteiger partial charge < -0.3 is 14.6 Å². The van der Waals surface area contributed by atoms with Crippen LogP contribution in [0.5, 0.6) is 0 Å². The van der Waals surface area contributed by atoms with Crippen molar-refractivity contribution in [3.63, 3.8) is 0 Å². The summed E-state index contributed by atoms with van der Waals surface area (Å²) >= 11 is 0. The summed E-state index contributed by atoms with van der Waals surface area (Å²) in [5, 5.41) is 3.20. The summed E-state index contributed by atoms with van der Waals surface area (Å²) in [5.74, 6) is 0.796. The van der Waals surface area contributed by atoms with Crippen LogP contribution in [0.2, 0.25) is 0 Å². The van der Waals surface area contributed by atoms with E-state index >= 15 is 0 Å². The van der Waals surface area contributed by atoms with Crippen molar-refractivity contribution in [3.05, 3.63) is 18.2 Å². The van der Waals surface area contributed by atoms with Crippen LogP contribution >= 0.6 is 0 Å². The molecule has 1 N–H and O–H groups in total. The van der Waals surface area contributed by atoms with Gasteiger partial charge in [-0.2, -0.15) is 0 Å². The van der Waals surface area contributed by atoms with Crippen molar-refractivity contribution < 1.29 is 9.53 Å². The number of nitrogens with one attached hydrogen (secondary N) is 1. The summed E-state index contributed by atoms with van der Waals surface area (Å²) in [5.41, 5.74) is -0.599. The smallest absolute Gasteiger partial charge is 0.325 e. The van der Waals surface area contributed by atoms with Gasteiger partial charge in [0.05, 0.1) is 7.11 Å². The predicted molar refractivity (Wildman–Crippen MR) is 70.3 cm³/mol. The third-order valence-corrected chi connectivity index (χ3v) is 3.20. The summed E-state index contributed by atoms with van der Waals surface area (Å²) < 4.78 is 6.95. The van der Waals surface area contributed by atoms with Gasteiger partial charge in [-0.25, -0.2) is 4.98 Å². The fourth-order valence-electron chi connectivity index (χ4n) is 2.12. The Morgan fingerprint density at radius 3 is 2.83 bits per heavy atom. The highest BCUT2D eigenvalue weighted by Crippen LogP contribution is 2.15. The zero-order valence-electron chi connectivity index (χ0n) is 11.7. The summed E-state index contributed by atoms with van der Waals surface area (Å²) in [4.78, 5) is 16.0. The summed E-state index contributed by atoms with van der Waals surface area (Å²) in [6.45, 7) is 7.47. The van der Waals surface area contributed by atoms with Crippen LogP contribution in [0.3, 0.4) is 0 Å². The van der Waals surface area contributed by atoms with Gasteiger partial charge in [0.1, 0.15) is 11.4 Å². The number of aromatic nitrogens is 2. The number of likely N-dealkylation sites (N-methyl/N-ethyl adjacent to an activating group) is 1. The standard InChI is InChI=1S/C13H23N3O2/c1-5-15-13(3,12(17)18-4)7-6-9-16-10-8-14-11(16)2/h8,10,15H,5-7,9H2,1-4H3. The number of hydrogen-bond acceptors (Lipinski definition) is 4. The molecule has 0 aromatic carbocycles. The molecule has 1 aromatic heterocycles. The lowest BCUT2D eigenvalue weighted by molar-refractivity contribution is -0.148. The molecule has 1 rings (SSSR count). The highest BCUT2D eigenvalue weighted by Gasteiger charge is 2.32. The molecule has 0 aliphatic rings. The SMILES string of the molecule is CCNC(C)(CCCn1ccnc1C)C(=O)OC. The zero-order valence-corrected chi connectivity index (χ0v) is 11.7. The molecule has 1 unspecified atom stereocenters. The Kier molecular flexibility index (Phi) is 5.34. The number of carbonyl (C=O) groups is 1. The molecule has 0 aliphatic heterocycles. The fraction of sp³-hybridized carbons (Fsp3) is 0.692. The van der Waals surface area contributed by atoms with Crippen LogP contribution < -0.4 is 5.32 Å². The zero-order chi connectivity index (χ0) is 13.6. The van der Waals surface area contributed by atoms with E-state index in [-0.39, 0.29) is 5.97 Å². The van der Waals surface area contributed by atoms with E-state index in [9.17, 15) is 4.79 Å². The molecule has 1 atom stereocenters. The second-order valence-corrected chi connectivity index (χ2v) is 4.63. The van der Waals surface area contributed by atoms with Crippen LogP contribution in [0.4, 0.5) is 0 Å². The van der Waals surface area contributed by atoms with E-state index in [0.717, 1.165) is 31.8 Å². The van der Waals surface area contributed by atoms with E-state index in [1.165, 1.54) is 7.11 Å². The Hall–Kier alpha value is -1.36. The number of imidazole rings is 1. The maximum absolute atomic E-state index is 11.8. The lowest BCUT2D eigenvalue weighted by Crippen LogP contribution is -2.50. The molecule has 18 heavy (non-hydrogen) atoms. The molecular formula is C13H23N3O2. The number of esters is 1. The third-order valence-electron chi connectivity index (χ3n) is 3.20. The minimum absolute atomic E-state index is 0.202. The minimum atomic E-state index is -0.599. The molecule has 1 aromatic rings. The van der Waals surface area contributed by atoms with Gasteiger partial charge in [-0.05, 0) is 33.2 Å². The van der Waals surface area contributed by atoms with E-state index in [4.69, 9.17) is 4.74 Å². The largest absolute Gasteiger partial charge is 0.468 e. The highest BCUT2D eigenvalue weighted by atomic mass is 16.5. The second kappa shape index (κ2) is 6.54. The molecule has 0 saturated carbocycles. The van der Waals surface area contributed by atoms with Gasteiger partial charge in [-0.15, -0.1) is 0 Å². The van der Waals surface area contributed by atoms with Crippen LogP contribution in [0.25, 0.3) is 0 Å². The normalized spacial score (nSPS) is 14.2. The van der Waals surface area contributed by atoms with Crippen molar-refractivity contribution >= 4 is 5.97 Å². The maximum Gasteiger partial charge on any atom is 0.325 e. The van der Waals surface area contributed by atoms with Gasteiger partial charge in [-0.3, -0.25) is 4.79 Å². The topological polar surface area (TPSA) is 56.2 Å². The Morgan fingerprint density at radius 2 is 2.33 bits per heavy atom. The first-order valence-electron chi connectivity index (χ1n) is 6.34. The van der Waals surface area contributed by atoms with Crippen LogP contribution in [0, 0.1) is 6.92 Å². The summed E-state index contributed by atoms with van der Waals surface area (Å²) in [6, 6.07) is 0. The lowest BCUT2D eigenvalue weighted by atomic mass is 9.95. The quantitative estimate of drug-likeness (QED) is 0.748. The number of nitrogens with zero attached hydrogens (tertiary/aromatic N) is 2. The molecule has 0 radical (unpaired) electrons. The average molecular weight is 253 g/mol. The van der Waals surface area contributed by atoms with Crippen molar-refractivity contribution in [2.75, 3.05) is 13.7 Å². The van der Waals surface area contributed by atoms with E-state index < -0.39 is 5.54 Å². The Bertz CT molecular complexity index is 389. The molecule has 5 heteroatoms. The monoisotopic (exact) mass is 253 g/mol. The van der Waals surface area contributed by atoms with E-state index in [2.05, 4.69) is 14.9 Å². The van der Waals surface area contributed by atoms with Gasteiger partial charge in [0.15, 0.2) is 0 Å². The summed E-state index contributed by atoms with van der Waals surface area (Å²) in [6.07, 6.45) is 5.39. The maximum atomic E-state index is 11.8. The molecular weight excluding hydrogens is 230 g/mol. The van der Waals surface area contributed by atoms with Crippen LogP contribution in [0.15, 0.2) is 12.4 Å². The van der Waals surface area contributed by atoms with Gasteiger partial charge in [0.25, 0.3) is 0 Å². The molecule has 102 valence electrons. The van der Waals surface area contributed by atoms with Gasteiger partial charge >= 0.3 is 5.97 Å². The molecule has 0 amide bonds. The first-order chi connectivity index (χ1) is 8.53. The van der Waals surface area contributed by atoms with Crippen molar-refractivity contribution in [1.29, 1.82) is 0 Å². The van der Waals surface area contributed by atoms with Crippen molar-refractivity contribution in [1.82, 2.24) is 14.9 Å². The van der Waals surface area contributed by atoms with Crippen LogP contribution in [-0.4, -0.2) is 34.7 Å². The van der Waals surface area contributed by atoms with Crippen molar-refractivity contribution in [2.45, 2.75) is 45.7 Å². The van der Waals surface area contributed by atoms with Crippen molar-refractivity contribution in [2.24, 2.45) is 0 Å². The van der Waals surface area contributed by atoms with Gasteiger partial charge in [0, 0.05) is 18.9 Å². The molecule has 0 fully saturated rings. The first kappa shape index (κ1) is 14.7. The van der Waals surface area contributed by atoms with E-state index in [1.807, 2.05) is 27.0 Å². The highest BCUT2D eigenvalue weighted by molar-refractivity contribution is 5.80. The van der Waals surface area contributed by atoms with Gasteiger partial charge in [-0.1, -0.05) is 6.92 Å². The number of carbonyl (C=O) groups excluding carboxylic acids is 1. The fourth-order valence-corrected chi connectivity index (χ4v) is 2.12. The van der Waals surface area contributed by atoms with E-state index in [1.54, 1.807) is 6.20 Å². The van der Waals surface area contributed by atoms with Crippen LogP contribution in [-0.2, 0) is 16.1 Å². The third kappa shape index (κ3) is 3.57. The first-order valence-corrected chi connectivity index (χ1v) is 6.34. The lowest BCUT2D eigenvalue weighted by Gasteiger charge is -2.27. The molecule has 0 bridgehead atoms. The number of hydrogen-bond donors (Lipinski definition) is 1. The number of rotatable bonds is 7. The Labute approximate surface area is 109 Å². The number of methoxy groups -OCH3 is 1. The molecule has 5 nitrogen and oxygen atoms in total. The van der Waals surface area contributed by atoms with Gasteiger partial charge in [0.2, 0.25) is 0 Å². The van der Waals surface area contributed by atoms with Crippen molar-refractivity contribution in [3.8, 4) is 0 Å². The Balaban J connectivity index is 2.53. The molecule has 1 heterocycles. The molecule has 0 spiro atoms. The number of aryl methyl sites for hydroxylation is 2. The molecule has 0 saturated heterocycles.